The average molecular weight is 532 g/mol. The number of hydrogen-bond acceptors (Lipinski definition) is 8. The molecule has 0 aliphatic rings. The van der Waals surface area contributed by atoms with Gasteiger partial charge in [0, 0.05) is 48.0 Å². The van der Waals surface area contributed by atoms with Gasteiger partial charge in [-0.1, -0.05) is 22.7 Å². The molecular weight excluding hydrogens is 516 g/mol. The number of non-ortho nitro benzene ring substituents is 3. The normalized spacial score (nSPS) is 12.2. The van der Waals surface area contributed by atoms with Crippen LogP contribution in [0.3, 0.4) is 0 Å². The molecule has 3 aromatic carbocycles. The molecular formula is C25H15N4O6S2+. The molecule has 5 aromatic rings. The number of nitrogens with zero attached hydrogens (tertiary/aromatic N) is 4. The topological polar surface area (TPSA) is 134 Å². The number of rotatable bonds is 6. The van der Waals surface area contributed by atoms with Gasteiger partial charge in [-0.15, -0.1) is 4.40 Å². The lowest BCUT2D eigenvalue weighted by atomic mass is 10.1. The van der Waals surface area contributed by atoms with Crippen LogP contribution in [0.15, 0.2) is 78.2 Å². The third-order valence-electron chi connectivity index (χ3n) is 5.57. The first-order valence-electron chi connectivity index (χ1n) is 10.7. The lowest BCUT2D eigenvalue weighted by Crippen LogP contribution is -2.44. The van der Waals surface area contributed by atoms with E-state index in [0.717, 1.165) is 36.4 Å². The van der Waals surface area contributed by atoms with Gasteiger partial charge in [0.25, 0.3) is 17.1 Å². The smallest absolute Gasteiger partial charge is 0.258 e. The van der Waals surface area contributed by atoms with Crippen molar-refractivity contribution in [1.29, 1.82) is 0 Å². The predicted octanol–water partition coefficient (Wildman–Crippen LogP) is 4.60. The van der Waals surface area contributed by atoms with Crippen molar-refractivity contribution in [3.8, 4) is 11.3 Å². The van der Waals surface area contributed by atoms with Crippen LogP contribution in [-0.4, -0.2) is 14.8 Å². The van der Waals surface area contributed by atoms with Gasteiger partial charge in [0.15, 0.2) is 0 Å². The minimum atomic E-state index is -0.458. The summed E-state index contributed by atoms with van der Waals surface area (Å²) in [5.74, 6) is 0. The fraction of sp³-hybridized carbons (Fsp3) is 0. The molecule has 0 unspecified atom stereocenters. The first-order valence-corrected chi connectivity index (χ1v) is 12.4. The molecule has 182 valence electrons. The zero-order valence-corrected chi connectivity index (χ0v) is 20.3. The monoisotopic (exact) mass is 531 g/mol. The van der Waals surface area contributed by atoms with Crippen LogP contribution in [0.4, 0.5) is 17.1 Å². The standard InChI is InChI=1S/C25H15N4O6S2/c30-27(31)19-7-1-16(2-8-19)13-22-24(14-17-3-9-20(10-4-17)28(32)33)37-25-26(22)23(15-36-25)18-5-11-21(12-6-18)29(34)35/h1-15H/q+1/b22-13+,24-14+. The van der Waals surface area contributed by atoms with Gasteiger partial charge < -0.3 is 0 Å². The molecule has 37 heavy (non-hydrogen) atoms. The quantitative estimate of drug-likeness (QED) is 0.179. The number of hydrogen-bond donors (Lipinski definition) is 0. The first kappa shape index (κ1) is 23.9. The van der Waals surface area contributed by atoms with Crippen molar-refractivity contribution < 1.29 is 19.2 Å². The minimum Gasteiger partial charge on any atom is -0.258 e. The van der Waals surface area contributed by atoms with E-state index >= 15 is 0 Å². The lowest BCUT2D eigenvalue weighted by molar-refractivity contribution is -0.506. The molecule has 0 radical (unpaired) electrons. The first-order chi connectivity index (χ1) is 17.8. The van der Waals surface area contributed by atoms with E-state index in [0.29, 0.717) is 0 Å². The van der Waals surface area contributed by atoms with Gasteiger partial charge in [0.1, 0.15) is 4.53 Å². The van der Waals surface area contributed by atoms with Crippen LogP contribution in [0.1, 0.15) is 11.1 Å². The van der Waals surface area contributed by atoms with Crippen LogP contribution in [-0.2, 0) is 0 Å². The van der Waals surface area contributed by atoms with Crippen molar-refractivity contribution in [2.24, 2.45) is 0 Å². The molecule has 0 saturated heterocycles. The molecule has 0 amide bonds. The Morgan fingerprint density at radius 3 is 1.59 bits per heavy atom. The molecule has 2 heterocycles. The summed E-state index contributed by atoms with van der Waals surface area (Å²) < 4.78 is 3.87. The number of benzene rings is 3. The van der Waals surface area contributed by atoms with E-state index < -0.39 is 14.8 Å². The number of nitro benzene ring substituents is 3. The Bertz CT molecular complexity index is 1790. The van der Waals surface area contributed by atoms with Crippen molar-refractivity contribution in [3.63, 3.8) is 0 Å². The second-order valence-electron chi connectivity index (χ2n) is 7.86. The van der Waals surface area contributed by atoms with Gasteiger partial charge in [0.2, 0.25) is 11.0 Å². The van der Waals surface area contributed by atoms with Crippen LogP contribution in [0.2, 0.25) is 0 Å². The largest absolute Gasteiger partial charge is 0.326 e. The van der Waals surface area contributed by atoms with Crippen molar-refractivity contribution in [1.82, 2.24) is 0 Å². The molecule has 0 aliphatic heterocycles. The third-order valence-corrected chi connectivity index (χ3v) is 7.74. The summed E-state index contributed by atoms with van der Waals surface area (Å²) in [4.78, 5) is 31.8. The zero-order valence-electron chi connectivity index (χ0n) is 18.7. The van der Waals surface area contributed by atoms with Crippen molar-refractivity contribution >= 4 is 56.0 Å². The summed E-state index contributed by atoms with van der Waals surface area (Å²) in [6.45, 7) is 0. The van der Waals surface area contributed by atoms with E-state index in [4.69, 9.17) is 0 Å². The van der Waals surface area contributed by atoms with E-state index in [9.17, 15) is 30.3 Å². The lowest BCUT2D eigenvalue weighted by Gasteiger charge is -1.95. The molecule has 0 aliphatic carbocycles. The summed E-state index contributed by atoms with van der Waals surface area (Å²) in [7, 11) is 0. The predicted molar refractivity (Wildman–Crippen MR) is 140 cm³/mol. The highest BCUT2D eigenvalue weighted by Crippen LogP contribution is 2.24. The van der Waals surface area contributed by atoms with Gasteiger partial charge in [0.05, 0.1) is 20.1 Å². The maximum Gasteiger partial charge on any atom is 0.326 e. The molecule has 2 aromatic heterocycles. The van der Waals surface area contributed by atoms with Gasteiger partial charge in [-0.2, -0.15) is 0 Å². The summed E-state index contributed by atoms with van der Waals surface area (Å²) >= 11 is 3.04. The highest BCUT2D eigenvalue weighted by molar-refractivity contribution is 7.34. The molecule has 0 N–H and O–H groups in total. The number of fused-ring (bicyclic) bond motifs is 1. The van der Waals surface area contributed by atoms with Crippen molar-refractivity contribution in [3.05, 3.63) is 130 Å². The number of aromatic nitrogens is 1. The van der Waals surface area contributed by atoms with E-state index in [1.54, 1.807) is 36.4 Å². The molecule has 0 fully saturated rings. The molecule has 12 heteroatoms. The molecule has 0 saturated carbocycles. The third kappa shape index (κ3) is 4.83. The van der Waals surface area contributed by atoms with Crippen molar-refractivity contribution in [2.75, 3.05) is 0 Å². The summed E-state index contributed by atoms with van der Waals surface area (Å²) in [5.41, 5.74) is 3.13. The Hall–Kier alpha value is -4.81. The molecule has 10 nitrogen and oxygen atoms in total. The van der Waals surface area contributed by atoms with Crippen LogP contribution >= 0.6 is 22.7 Å². The van der Waals surface area contributed by atoms with E-state index in [-0.39, 0.29) is 17.1 Å². The van der Waals surface area contributed by atoms with Crippen LogP contribution in [0, 0.1) is 30.3 Å². The number of nitro groups is 3. The number of thiazole rings is 2. The fourth-order valence-electron chi connectivity index (χ4n) is 3.75. The average Bonchev–Trinajstić information content (AvgIpc) is 3.44. The minimum absolute atomic E-state index is 0.00295. The van der Waals surface area contributed by atoms with Gasteiger partial charge in [-0.25, -0.2) is 0 Å². The Kier molecular flexibility index (Phi) is 6.26. The van der Waals surface area contributed by atoms with Crippen LogP contribution in [0.25, 0.3) is 27.6 Å². The van der Waals surface area contributed by atoms with Gasteiger partial charge in [-0.3, -0.25) is 30.3 Å². The van der Waals surface area contributed by atoms with E-state index in [2.05, 4.69) is 0 Å². The maximum atomic E-state index is 11.1. The second kappa shape index (κ2) is 9.68. The Labute approximate surface area is 215 Å². The van der Waals surface area contributed by atoms with Crippen LogP contribution < -0.4 is 14.3 Å². The molecule has 0 atom stereocenters. The van der Waals surface area contributed by atoms with E-state index in [1.807, 2.05) is 21.9 Å². The van der Waals surface area contributed by atoms with Crippen molar-refractivity contribution in [2.45, 2.75) is 0 Å². The molecule has 5 rings (SSSR count). The highest BCUT2D eigenvalue weighted by Gasteiger charge is 2.22. The Morgan fingerprint density at radius 2 is 1.11 bits per heavy atom. The summed E-state index contributed by atoms with van der Waals surface area (Å²) in [6, 6.07) is 18.7. The SMILES string of the molecule is O=[N+]([O-])c1ccc(/C=c2/sc3scc(-c4ccc([N+](=O)[O-])cc4)[n+]3/c2=C/c2ccc([N+](=O)[O-])cc2)cc1. The summed E-state index contributed by atoms with van der Waals surface area (Å²) in [5, 5.41) is 35.9. The summed E-state index contributed by atoms with van der Waals surface area (Å²) in [6.07, 6.45) is 3.83. The maximum absolute atomic E-state index is 11.1. The van der Waals surface area contributed by atoms with Gasteiger partial charge >= 0.3 is 4.14 Å². The molecule has 0 bridgehead atoms. The van der Waals surface area contributed by atoms with Crippen LogP contribution in [0.5, 0.6) is 0 Å². The van der Waals surface area contributed by atoms with Gasteiger partial charge in [-0.05, 0) is 53.6 Å². The Morgan fingerprint density at radius 1 is 0.649 bits per heavy atom. The van der Waals surface area contributed by atoms with E-state index in [1.165, 1.54) is 59.1 Å². The fourth-order valence-corrected chi connectivity index (χ4v) is 6.04. The highest BCUT2D eigenvalue weighted by atomic mass is 32.2. The second-order valence-corrected chi connectivity index (χ2v) is 10.0. The Balaban J connectivity index is 1.73. The molecule has 0 spiro atoms. The zero-order chi connectivity index (χ0) is 26.1.